The van der Waals surface area contributed by atoms with Gasteiger partial charge < -0.3 is 26.3 Å². The number of nitrogens with zero attached hydrogens (tertiary/aromatic N) is 2. The SMILES string of the molecule is CNc1cc(NCc2nccn2C)c(C(=O)N[C@H]2CC[C@H](C(F)(F)F)CC2)cc1N. The summed E-state index contributed by atoms with van der Waals surface area (Å²) in [6.45, 7) is 0.396. The summed E-state index contributed by atoms with van der Waals surface area (Å²) in [5, 5.41) is 9.07. The van der Waals surface area contributed by atoms with Crippen LogP contribution in [0, 0.1) is 5.92 Å². The number of carbonyl (C=O) groups excluding carboxylic acids is 1. The summed E-state index contributed by atoms with van der Waals surface area (Å²) in [4.78, 5) is 17.2. The quantitative estimate of drug-likeness (QED) is 0.532. The van der Waals surface area contributed by atoms with Crippen molar-refractivity contribution in [3.05, 3.63) is 35.9 Å². The average Bonchev–Trinajstić information content (AvgIpc) is 3.11. The van der Waals surface area contributed by atoms with E-state index in [2.05, 4.69) is 20.9 Å². The van der Waals surface area contributed by atoms with Gasteiger partial charge in [0.05, 0.1) is 29.4 Å². The van der Waals surface area contributed by atoms with Crippen LogP contribution < -0.4 is 21.7 Å². The maximum atomic E-state index is 12.9. The molecule has 0 spiro atoms. The fraction of sp³-hybridized carbons (Fsp3) is 0.500. The van der Waals surface area contributed by atoms with Crippen LogP contribution in [0.2, 0.25) is 0 Å². The Morgan fingerprint density at radius 1 is 1.23 bits per heavy atom. The average molecular weight is 424 g/mol. The Labute approximate surface area is 173 Å². The van der Waals surface area contributed by atoms with Crippen LogP contribution in [0.25, 0.3) is 0 Å². The highest BCUT2D eigenvalue weighted by Gasteiger charge is 2.41. The molecule has 3 rings (SSSR count). The first-order valence-electron chi connectivity index (χ1n) is 9.88. The van der Waals surface area contributed by atoms with Crippen molar-refractivity contribution < 1.29 is 18.0 Å². The normalized spacial score (nSPS) is 19.4. The number of benzene rings is 1. The Balaban J connectivity index is 1.72. The molecular formula is C20H27F3N6O. The lowest BCUT2D eigenvalue weighted by atomic mass is 9.85. The van der Waals surface area contributed by atoms with Crippen LogP contribution >= 0.6 is 0 Å². The molecule has 2 aromatic rings. The van der Waals surface area contributed by atoms with Crippen molar-refractivity contribution in [3.8, 4) is 0 Å². The van der Waals surface area contributed by atoms with E-state index in [0.29, 0.717) is 42.0 Å². The second-order valence-corrected chi connectivity index (χ2v) is 7.61. The molecule has 1 aromatic heterocycles. The van der Waals surface area contributed by atoms with Gasteiger partial charge in [-0.3, -0.25) is 4.79 Å². The summed E-state index contributed by atoms with van der Waals surface area (Å²) in [5.41, 5.74) is 8.03. The number of hydrogen-bond donors (Lipinski definition) is 4. The number of carbonyl (C=O) groups is 1. The third kappa shape index (κ3) is 4.98. The molecule has 1 saturated carbocycles. The zero-order chi connectivity index (χ0) is 21.9. The maximum absolute atomic E-state index is 12.9. The van der Waals surface area contributed by atoms with Crippen molar-refractivity contribution in [1.82, 2.24) is 14.9 Å². The topological polar surface area (TPSA) is 97.0 Å². The number of anilines is 3. The van der Waals surface area contributed by atoms with Crippen LogP contribution in [0.5, 0.6) is 0 Å². The Kier molecular flexibility index (Phi) is 6.42. The molecule has 0 saturated heterocycles. The number of nitrogens with one attached hydrogen (secondary N) is 3. The molecule has 30 heavy (non-hydrogen) atoms. The van der Waals surface area contributed by atoms with Crippen molar-refractivity contribution in [3.63, 3.8) is 0 Å². The molecule has 10 heteroatoms. The first-order valence-corrected chi connectivity index (χ1v) is 9.88. The van der Waals surface area contributed by atoms with E-state index in [-0.39, 0.29) is 24.8 Å². The van der Waals surface area contributed by atoms with E-state index in [0.717, 1.165) is 5.82 Å². The molecule has 0 bridgehead atoms. The first kappa shape index (κ1) is 21.8. The summed E-state index contributed by atoms with van der Waals surface area (Å²) in [5.74, 6) is -0.858. The van der Waals surface area contributed by atoms with Crippen LogP contribution in [0.4, 0.5) is 30.2 Å². The molecule has 0 radical (unpaired) electrons. The summed E-state index contributed by atoms with van der Waals surface area (Å²) in [7, 11) is 3.60. The summed E-state index contributed by atoms with van der Waals surface area (Å²) < 4.78 is 40.5. The minimum Gasteiger partial charge on any atom is -0.397 e. The molecule has 0 aliphatic heterocycles. The number of alkyl halides is 3. The van der Waals surface area contributed by atoms with Gasteiger partial charge in [0, 0.05) is 38.2 Å². The van der Waals surface area contributed by atoms with Gasteiger partial charge >= 0.3 is 6.18 Å². The minimum atomic E-state index is -4.17. The lowest BCUT2D eigenvalue weighted by Gasteiger charge is -2.30. The van der Waals surface area contributed by atoms with E-state index in [9.17, 15) is 18.0 Å². The Hall–Kier alpha value is -2.91. The van der Waals surface area contributed by atoms with Gasteiger partial charge in [-0.05, 0) is 37.8 Å². The molecule has 1 amide bonds. The standard InChI is InChI=1S/C20H27F3N6O/c1-25-17-10-16(27-11-18-26-7-8-29(18)2)14(9-15(17)24)19(30)28-13-5-3-12(4-6-13)20(21,22)23/h7-10,12-13,25,27H,3-6,11,24H2,1-2H3,(H,28,30)/t12-,13-. The fourth-order valence-corrected chi connectivity index (χ4v) is 3.74. The molecule has 1 aliphatic carbocycles. The Morgan fingerprint density at radius 2 is 1.93 bits per heavy atom. The van der Waals surface area contributed by atoms with Crippen molar-refractivity contribution in [2.24, 2.45) is 13.0 Å². The van der Waals surface area contributed by atoms with E-state index in [1.807, 2.05) is 17.8 Å². The highest BCUT2D eigenvalue weighted by atomic mass is 19.4. The number of nitrogens with two attached hydrogens (primary N) is 1. The molecule has 164 valence electrons. The van der Waals surface area contributed by atoms with Gasteiger partial charge in [-0.15, -0.1) is 0 Å². The summed E-state index contributed by atoms with van der Waals surface area (Å²) in [6.07, 6.45) is -0.00646. The van der Waals surface area contributed by atoms with E-state index in [4.69, 9.17) is 5.73 Å². The lowest BCUT2D eigenvalue weighted by molar-refractivity contribution is -0.182. The maximum Gasteiger partial charge on any atom is 0.391 e. The van der Waals surface area contributed by atoms with Gasteiger partial charge in [-0.1, -0.05) is 0 Å². The van der Waals surface area contributed by atoms with Crippen LogP contribution in [-0.2, 0) is 13.6 Å². The van der Waals surface area contributed by atoms with E-state index in [1.165, 1.54) is 0 Å². The monoisotopic (exact) mass is 424 g/mol. The number of aryl methyl sites for hydroxylation is 1. The van der Waals surface area contributed by atoms with Gasteiger partial charge in [-0.2, -0.15) is 13.2 Å². The third-order valence-electron chi connectivity index (χ3n) is 5.59. The van der Waals surface area contributed by atoms with Crippen molar-refractivity contribution in [2.75, 3.05) is 23.4 Å². The number of halogens is 3. The van der Waals surface area contributed by atoms with E-state index >= 15 is 0 Å². The van der Waals surface area contributed by atoms with E-state index in [1.54, 1.807) is 25.4 Å². The lowest BCUT2D eigenvalue weighted by Crippen LogP contribution is -2.40. The first-order chi connectivity index (χ1) is 14.2. The third-order valence-corrected chi connectivity index (χ3v) is 5.59. The molecule has 0 atom stereocenters. The summed E-state index contributed by atoms with van der Waals surface area (Å²) in [6, 6.07) is 3.03. The van der Waals surface area contributed by atoms with Gasteiger partial charge in [0.15, 0.2) is 0 Å². The number of hydrogen-bond acceptors (Lipinski definition) is 5. The van der Waals surface area contributed by atoms with Crippen LogP contribution in [-0.4, -0.2) is 34.7 Å². The number of amides is 1. The molecule has 1 aromatic carbocycles. The molecule has 0 unspecified atom stereocenters. The molecule has 1 fully saturated rings. The Morgan fingerprint density at radius 3 is 2.50 bits per heavy atom. The van der Waals surface area contributed by atoms with Crippen LogP contribution in [0.1, 0.15) is 41.9 Å². The molecule has 7 nitrogen and oxygen atoms in total. The van der Waals surface area contributed by atoms with Gasteiger partial charge in [0.25, 0.3) is 5.91 Å². The number of imidazole rings is 1. The van der Waals surface area contributed by atoms with Crippen molar-refractivity contribution in [1.29, 1.82) is 0 Å². The molecule has 1 heterocycles. The highest BCUT2D eigenvalue weighted by Crippen LogP contribution is 2.37. The number of aromatic nitrogens is 2. The molecular weight excluding hydrogens is 397 g/mol. The minimum absolute atomic E-state index is 0.0273. The largest absolute Gasteiger partial charge is 0.397 e. The summed E-state index contributed by atoms with van der Waals surface area (Å²) >= 11 is 0. The Bertz CT molecular complexity index is 887. The smallest absolute Gasteiger partial charge is 0.391 e. The van der Waals surface area contributed by atoms with Gasteiger partial charge in [0.2, 0.25) is 0 Å². The second-order valence-electron chi connectivity index (χ2n) is 7.61. The second kappa shape index (κ2) is 8.85. The zero-order valence-corrected chi connectivity index (χ0v) is 17.0. The van der Waals surface area contributed by atoms with E-state index < -0.39 is 12.1 Å². The molecule has 1 aliphatic rings. The number of nitrogen functional groups attached to an aromatic ring is 1. The van der Waals surface area contributed by atoms with Crippen LogP contribution in [0.15, 0.2) is 24.5 Å². The van der Waals surface area contributed by atoms with Gasteiger partial charge in [-0.25, -0.2) is 4.98 Å². The van der Waals surface area contributed by atoms with Gasteiger partial charge in [0.1, 0.15) is 5.82 Å². The molecule has 5 N–H and O–H groups in total. The predicted octanol–water partition coefficient (Wildman–Crippen LogP) is 3.51. The fourth-order valence-electron chi connectivity index (χ4n) is 3.74. The number of rotatable bonds is 6. The predicted molar refractivity (Wildman–Crippen MR) is 110 cm³/mol. The zero-order valence-electron chi connectivity index (χ0n) is 17.0. The van der Waals surface area contributed by atoms with Crippen LogP contribution in [0.3, 0.4) is 0 Å². The van der Waals surface area contributed by atoms with Crippen molar-refractivity contribution >= 4 is 23.0 Å². The van der Waals surface area contributed by atoms with Crippen molar-refractivity contribution in [2.45, 2.75) is 44.4 Å². The highest BCUT2D eigenvalue weighted by molar-refractivity contribution is 6.02.